The molecular formula is C15H23N3O. The minimum absolute atomic E-state index is 0.00582. The minimum atomic E-state index is 0.00582. The van der Waals surface area contributed by atoms with E-state index < -0.39 is 0 Å². The zero-order valence-corrected chi connectivity index (χ0v) is 12.1. The highest BCUT2D eigenvalue weighted by atomic mass is 16.2. The van der Waals surface area contributed by atoms with Crippen molar-refractivity contribution in [3.8, 4) is 0 Å². The van der Waals surface area contributed by atoms with Crippen LogP contribution in [0.15, 0.2) is 18.3 Å². The molecule has 104 valence electrons. The van der Waals surface area contributed by atoms with E-state index >= 15 is 0 Å². The number of pyridine rings is 1. The van der Waals surface area contributed by atoms with Crippen molar-refractivity contribution in [1.29, 1.82) is 0 Å². The zero-order valence-electron chi connectivity index (χ0n) is 12.1. The molecule has 1 aliphatic carbocycles. The van der Waals surface area contributed by atoms with E-state index in [1.807, 2.05) is 26.0 Å². The molecule has 0 aromatic carbocycles. The van der Waals surface area contributed by atoms with Crippen LogP contribution in [-0.2, 0) is 0 Å². The summed E-state index contributed by atoms with van der Waals surface area (Å²) in [4.78, 5) is 18.2. The number of hydrogen-bond donors (Lipinski definition) is 1. The Labute approximate surface area is 115 Å². The van der Waals surface area contributed by atoms with Crippen LogP contribution in [-0.4, -0.2) is 35.4 Å². The van der Waals surface area contributed by atoms with Crippen LogP contribution in [0.3, 0.4) is 0 Å². The topological polar surface area (TPSA) is 45.2 Å². The molecule has 1 aliphatic rings. The van der Waals surface area contributed by atoms with Crippen LogP contribution in [0.25, 0.3) is 0 Å². The average molecular weight is 261 g/mol. The fraction of sp³-hybridized carbons (Fsp3) is 0.600. The predicted octanol–water partition coefficient (Wildman–Crippen LogP) is 2.78. The Kier molecular flexibility index (Phi) is 4.08. The third-order valence-corrected chi connectivity index (χ3v) is 3.85. The summed E-state index contributed by atoms with van der Waals surface area (Å²) in [6, 6.07) is 3.77. The van der Waals surface area contributed by atoms with Crippen molar-refractivity contribution in [2.75, 3.05) is 25.0 Å². The second-order valence-corrected chi connectivity index (χ2v) is 5.57. The first-order valence-corrected chi connectivity index (χ1v) is 7.07. The molecule has 1 heterocycles. The summed E-state index contributed by atoms with van der Waals surface area (Å²) in [5.74, 6) is 0.00582. The molecule has 1 N–H and O–H groups in total. The number of nitrogens with one attached hydrogen (secondary N) is 1. The van der Waals surface area contributed by atoms with E-state index in [1.165, 1.54) is 12.8 Å². The summed E-state index contributed by atoms with van der Waals surface area (Å²) in [5, 5.41) is 3.41. The molecule has 0 atom stereocenters. The largest absolute Gasteiger partial charge is 0.384 e. The van der Waals surface area contributed by atoms with Gasteiger partial charge in [0.15, 0.2) is 0 Å². The van der Waals surface area contributed by atoms with Crippen molar-refractivity contribution in [1.82, 2.24) is 9.88 Å². The van der Waals surface area contributed by atoms with E-state index in [9.17, 15) is 4.79 Å². The summed E-state index contributed by atoms with van der Waals surface area (Å²) in [5.41, 5.74) is 1.96. The molecule has 1 fully saturated rings. The SMILES string of the molecule is CCN(CC)C(=O)c1cc(NCC2(C)CC2)ccn1. The van der Waals surface area contributed by atoms with Gasteiger partial charge < -0.3 is 10.2 Å². The zero-order chi connectivity index (χ0) is 13.9. The molecule has 0 unspecified atom stereocenters. The van der Waals surface area contributed by atoms with Gasteiger partial charge in [0.2, 0.25) is 0 Å². The van der Waals surface area contributed by atoms with Gasteiger partial charge in [0.25, 0.3) is 5.91 Å². The van der Waals surface area contributed by atoms with Gasteiger partial charge in [-0.05, 0) is 44.2 Å². The van der Waals surface area contributed by atoms with E-state index in [2.05, 4.69) is 17.2 Å². The molecule has 4 heteroatoms. The van der Waals surface area contributed by atoms with Gasteiger partial charge in [-0.25, -0.2) is 0 Å². The molecule has 1 saturated carbocycles. The van der Waals surface area contributed by atoms with Crippen molar-refractivity contribution in [3.05, 3.63) is 24.0 Å². The van der Waals surface area contributed by atoms with Crippen LogP contribution >= 0.6 is 0 Å². The Hall–Kier alpha value is -1.58. The van der Waals surface area contributed by atoms with Gasteiger partial charge in [-0.15, -0.1) is 0 Å². The van der Waals surface area contributed by atoms with E-state index in [0.717, 1.165) is 12.2 Å². The van der Waals surface area contributed by atoms with Gasteiger partial charge in [-0.3, -0.25) is 9.78 Å². The van der Waals surface area contributed by atoms with Crippen molar-refractivity contribution in [3.63, 3.8) is 0 Å². The maximum Gasteiger partial charge on any atom is 0.272 e. The van der Waals surface area contributed by atoms with Crippen molar-refractivity contribution in [2.24, 2.45) is 5.41 Å². The molecule has 0 spiro atoms. The molecule has 0 aliphatic heterocycles. The molecule has 0 bridgehead atoms. The number of carbonyl (C=O) groups is 1. The molecule has 19 heavy (non-hydrogen) atoms. The molecule has 4 nitrogen and oxygen atoms in total. The van der Waals surface area contributed by atoms with Crippen LogP contribution < -0.4 is 5.32 Å². The van der Waals surface area contributed by atoms with E-state index in [0.29, 0.717) is 24.2 Å². The lowest BCUT2D eigenvalue weighted by molar-refractivity contribution is 0.0767. The summed E-state index contributed by atoms with van der Waals surface area (Å²) in [6.07, 6.45) is 4.28. The minimum Gasteiger partial charge on any atom is -0.384 e. The number of nitrogens with zero attached hydrogens (tertiary/aromatic N) is 2. The highest BCUT2D eigenvalue weighted by Crippen LogP contribution is 2.44. The summed E-state index contributed by atoms with van der Waals surface area (Å²) < 4.78 is 0. The highest BCUT2D eigenvalue weighted by molar-refractivity contribution is 5.93. The van der Waals surface area contributed by atoms with Crippen molar-refractivity contribution in [2.45, 2.75) is 33.6 Å². The van der Waals surface area contributed by atoms with Gasteiger partial charge in [-0.2, -0.15) is 0 Å². The Bertz CT molecular complexity index is 450. The van der Waals surface area contributed by atoms with Crippen LogP contribution in [0.4, 0.5) is 5.69 Å². The fourth-order valence-corrected chi connectivity index (χ4v) is 2.04. The second kappa shape index (κ2) is 5.59. The predicted molar refractivity (Wildman–Crippen MR) is 77.3 cm³/mol. The monoisotopic (exact) mass is 261 g/mol. The molecular weight excluding hydrogens is 238 g/mol. The number of rotatable bonds is 6. The summed E-state index contributed by atoms with van der Waals surface area (Å²) >= 11 is 0. The number of amides is 1. The van der Waals surface area contributed by atoms with Gasteiger partial charge in [-0.1, -0.05) is 6.92 Å². The summed E-state index contributed by atoms with van der Waals surface area (Å²) in [6.45, 7) is 8.65. The normalized spacial score (nSPS) is 15.9. The Morgan fingerprint density at radius 2 is 2.11 bits per heavy atom. The number of anilines is 1. The van der Waals surface area contributed by atoms with E-state index in [-0.39, 0.29) is 5.91 Å². The fourth-order valence-electron chi connectivity index (χ4n) is 2.04. The van der Waals surface area contributed by atoms with Crippen LogP contribution in [0.5, 0.6) is 0 Å². The third-order valence-electron chi connectivity index (χ3n) is 3.85. The quantitative estimate of drug-likeness (QED) is 0.856. The number of aromatic nitrogens is 1. The smallest absolute Gasteiger partial charge is 0.272 e. The molecule has 1 aromatic heterocycles. The lowest BCUT2D eigenvalue weighted by Crippen LogP contribution is -2.31. The van der Waals surface area contributed by atoms with Gasteiger partial charge in [0, 0.05) is 31.5 Å². The average Bonchev–Trinajstić information content (AvgIpc) is 3.17. The molecule has 1 amide bonds. The van der Waals surface area contributed by atoms with Gasteiger partial charge >= 0.3 is 0 Å². The van der Waals surface area contributed by atoms with Crippen LogP contribution in [0.1, 0.15) is 44.1 Å². The third kappa shape index (κ3) is 3.46. The van der Waals surface area contributed by atoms with Crippen molar-refractivity contribution < 1.29 is 4.79 Å². The second-order valence-electron chi connectivity index (χ2n) is 5.57. The Morgan fingerprint density at radius 1 is 1.42 bits per heavy atom. The molecule has 0 radical (unpaired) electrons. The first-order valence-electron chi connectivity index (χ1n) is 7.07. The van der Waals surface area contributed by atoms with Gasteiger partial charge in [0.1, 0.15) is 5.69 Å². The van der Waals surface area contributed by atoms with Crippen LogP contribution in [0.2, 0.25) is 0 Å². The lowest BCUT2D eigenvalue weighted by atomic mass is 10.1. The van der Waals surface area contributed by atoms with Crippen LogP contribution in [0, 0.1) is 5.41 Å². The first kappa shape index (κ1) is 13.8. The molecule has 2 rings (SSSR count). The lowest BCUT2D eigenvalue weighted by Gasteiger charge is -2.18. The number of hydrogen-bond acceptors (Lipinski definition) is 3. The van der Waals surface area contributed by atoms with Gasteiger partial charge in [0.05, 0.1) is 0 Å². The Balaban J connectivity index is 2.03. The maximum absolute atomic E-state index is 12.2. The molecule has 0 saturated heterocycles. The maximum atomic E-state index is 12.2. The number of carbonyl (C=O) groups excluding carboxylic acids is 1. The standard InChI is InChI=1S/C15H23N3O/c1-4-18(5-2)14(19)13-10-12(6-9-16-13)17-11-15(3)7-8-15/h6,9-10H,4-5,7-8,11H2,1-3H3,(H,16,17). The first-order chi connectivity index (χ1) is 9.08. The Morgan fingerprint density at radius 3 is 2.68 bits per heavy atom. The summed E-state index contributed by atoms with van der Waals surface area (Å²) in [7, 11) is 0. The highest BCUT2D eigenvalue weighted by Gasteiger charge is 2.36. The van der Waals surface area contributed by atoms with Crippen molar-refractivity contribution >= 4 is 11.6 Å². The van der Waals surface area contributed by atoms with E-state index in [4.69, 9.17) is 0 Å². The van der Waals surface area contributed by atoms with E-state index in [1.54, 1.807) is 11.1 Å². The molecule has 1 aromatic rings.